The van der Waals surface area contributed by atoms with Gasteiger partial charge >= 0.3 is 0 Å². The van der Waals surface area contributed by atoms with E-state index in [4.69, 9.17) is 5.26 Å². The highest BCUT2D eigenvalue weighted by Gasteiger charge is 2.53. The molecule has 144 valence electrons. The molecule has 4 aliphatic rings. The number of piperidine rings is 3. The minimum atomic E-state index is -0.754. The van der Waals surface area contributed by atoms with E-state index in [0.29, 0.717) is 23.1 Å². The molecule has 0 unspecified atom stereocenters. The summed E-state index contributed by atoms with van der Waals surface area (Å²) >= 11 is 0. The van der Waals surface area contributed by atoms with Crippen molar-refractivity contribution >= 4 is 0 Å². The zero-order valence-electron chi connectivity index (χ0n) is 15.7. The molecular weight excluding hydrogens is 356 g/mol. The van der Waals surface area contributed by atoms with E-state index in [1.165, 1.54) is 18.9 Å². The average Bonchev–Trinajstić information content (AvgIpc) is 3.13. The summed E-state index contributed by atoms with van der Waals surface area (Å²) in [5.41, 5.74) is 2.34. The third-order valence-electron chi connectivity index (χ3n) is 6.94. The fourth-order valence-corrected chi connectivity index (χ4v) is 5.72. The fraction of sp³-hybridized carbons (Fsp3) is 0.435. The second-order valence-corrected chi connectivity index (χ2v) is 8.34. The lowest BCUT2D eigenvalue weighted by Crippen LogP contribution is -2.60. The van der Waals surface area contributed by atoms with Crippen LogP contribution < -0.4 is 0 Å². The Morgan fingerprint density at radius 3 is 2.46 bits per heavy atom. The molecule has 2 aromatic rings. The molecule has 2 aromatic carbocycles. The summed E-state index contributed by atoms with van der Waals surface area (Å²) in [5, 5.41) is 9.02. The molecule has 4 fully saturated rings. The smallest absolute Gasteiger partial charge is 0.162 e. The predicted molar refractivity (Wildman–Crippen MR) is 103 cm³/mol. The van der Waals surface area contributed by atoms with E-state index in [0.717, 1.165) is 31.7 Å². The number of likely N-dealkylation sites (tertiary alicyclic amines) is 1. The van der Waals surface area contributed by atoms with E-state index in [1.54, 1.807) is 12.1 Å². The lowest BCUT2D eigenvalue weighted by Gasteiger charge is -2.51. The number of halogens is 2. The number of hydrogen-bond acceptors (Lipinski definition) is 3. The molecule has 4 saturated heterocycles. The van der Waals surface area contributed by atoms with Gasteiger partial charge in [0.25, 0.3) is 0 Å². The molecule has 2 bridgehead atoms. The van der Waals surface area contributed by atoms with Crippen LogP contribution in [0.15, 0.2) is 42.5 Å². The number of hydrogen-bond donors (Lipinski definition) is 0. The molecule has 3 nitrogen and oxygen atoms in total. The highest BCUT2D eigenvalue weighted by atomic mass is 19.2. The zero-order valence-corrected chi connectivity index (χ0v) is 15.7. The Bertz CT molecular complexity index is 912. The summed E-state index contributed by atoms with van der Waals surface area (Å²) in [7, 11) is 0. The molecular formula is C23H23F2N3. The second kappa shape index (κ2) is 6.95. The van der Waals surface area contributed by atoms with E-state index < -0.39 is 11.6 Å². The zero-order chi connectivity index (χ0) is 19.3. The van der Waals surface area contributed by atoms with Crippen molar-refractivity contribution < 1.29 is 8.78 Å². The van der Waals surface area contributed by atoms with E-state index in [-0.39, 0.29) is 12.0 Å². The van der Waals surface area contributed by atoms with Gasteiger partial charge in [-0.3, -0.25) is 9.80 Å². The van der Waals surface area contributed by atoms with E-state index in [1.807, 2.05) is 24.3 Å². The van der Waals surface area contributed by atoms with Gasteiger partial charge in [0.1, 0.15) is 0 Å². The van der Waals surface area contributed by atoms with Gasteiger partial charge < -0.3 is 0 Å². The van der Waals surface area contributed by atoms with Gasteiger partial charge in [-0.05, 0) is 61.2 Å². The van der Waals surface area contributed by atoms with Gasteiger partial charge in [0.05, 0.1) is 11.6 Å². The Morgan fingerprint density at radius 1 is 1.00 bits per heavy atom. The Balaban J connectivity index is 1.48. The molecule has 0 aromatic heterocycles. The third kappa shape index (κ3) is 2.83. The van der Waals surface area contributed by atoms with Crippen molar-refractivity contribution in [2.45, 2.75) is 37.4 Å². The van der Waals surface area contributed by atoms with Gasteiger partial charge in [-0.15, -0.1) is 0 Å². The van der Waals surface area contributed by atoms with Crippen molar-refractivity contribution in [2.24, 2.45) is 5.92 Å². The molecule has 0 aliphatic carbocycles. The number of benzene rings is 2. The summed E-state index contributed by atoms with van der Waals surface area (Å²) in [5.74, 6) is -0.832. The monoisotopic (exact) mass is 379 g/mol. The largest absolute Gasteiger partial charge is 0.298 e. The average molecular weight is 379 g/mol. The lowest BCUT2D eigenvalue weighted by atomic mass is 9.75. The van der Waals surface area contributed by atoms with Crippen LogP contribution in [0.5, 0.6) is 0 Å². The first-order chi connectivity index (χ1) is 13.7. The van der Waals surface area contributed by atoms with Crippen molar-refractivity contribution in [3.8, 4) is 6.07 Å². The molecule has 5 heteroatoms. The standard InChI is InChI=1S/C23H23F2N3/c24-20-3-1-2-18(21(20)25)19-14-28(13-16-6-4-15(12-26)5-7-16)22-17-8-10-27(11-9-17)23(19)22/h1-7,17,19,22-23H,8-11,13-14H2/t19-,22+,23+/m0/s1. The van der Waals surface area contributed by atoms with Crippen molar-refractivity contribution in [1.29, 1.82) is 5.26 Å². The van der Waals surface area contributed by atoms with Crippen LogP contribution in [-0.4, -0.2) is 41.5 Å². The van der Waals surface area contributed by atoms with Crippen molar-refractivity contribution in [1.82, 2.24) is 9.80 Å². The second-order valence-electron chi connectivity index (χ2n) is 8.34. The van der Waals surface area contributed by atoms with Crippen LogP contribution >= 0.6 is 0 Å². The first kappa shape index (κ1) is 17.8. The summed E-state index contributed by atoms with van der Waals surface area (Å²) in [4.78, 5) is 4.97. The summed E-state index contributed by atoms with van der Waals surface area (Å²) in [6, 6.07) is 15.1. The lowest BCUT2D eigenvalue weighted by molar-refractivity contribution is -0.00888. The molecule has 0 amide bonds. The first-order valence-corrected chi connectivity index (χ1v) is 10.1. The van der Waals surface area contributed by atoms with Gasteiger partial charge in [0.2, 0.25) is 0 Å². The fourth-order valence-electron chi connectivity index (χ4n) is 5.72. The molecule has 0 N–H and O–H groups in total. The van der Waals surface area contributed by atoms with Crippen LogP contribution in [0.1, 0.15) is 35.4 Å². The van der Waals surface area contributed by atoms with Gasteiger partial charge in [0.15, 0.2) is 11.6 Å². The maximum atomic E-state index is 14.6. The molecule has 0 radical (unpaired) electrons. The maximum Gasteiger partial charge on any atom is 0.162 e. The Hall–Kier alpha value is -2.29. The molecule has 0 spiro atoms. The molecule has 28 heavy (non-hydrogen) atoms. The highest BCUT2D eigenvalue weighted by Crippen LogP contribution is 2.47. The van der Waals surface area contributed by atoms with E-state index in [2.05, 4.69) is 15.9 Å². The van der Waals surface area contributed by atoms with Gasteiger partial charge in [-0.25, -0.2) is 8.78 Å². The van der Waals surface area contributed by atoms with Crippen molar-refractivity contribution in [2.75, 3.05) is 19.6 Å². The SMILES string of the molecule is N#Cc1ccc(CN2C[C@@H](c3cccc(F)c3F)[C@@H]3[C@H]2C2CCN3CC2)cc1. The number of rotatable bonds is 3. The summed E-state index contributed by atoms with van der Waals surface area (Å²) in [6.07, 6.45) is 2.37. The Kier molecular flexibility index (Phi) is 4.41. The van der Waals surface area contributed by atoms with E-state index in [9.17, 15) is 8.78 Å². The predicted octanol–water partition coefficient (Wildman–Crippen LogP) is 3.90. The van der Waals surface area contributed by atoms with Gasteiger partial charge in [0, 0.05) is 31.1 Å². The van der Waals surface area contributed by atoms with Crippen LogP contribution in [0, 0.1) is 28.9 Å². The summed E-state index contributed by atoms with van der Waals surface area (Å²) < 4.78 is 28.6. The van der Waals surface area contributed by atoms with Crippen LogP contribution in [-0.2, 0) is 6.54 Å². The molecule has 6 rings (SSSR count). The van der Waals surface area contributed by atoms with Gasteiger partial charge in [-0.1, -0.05) is 24.3 Å². The summed E-state index contributed by atoms with van der Waals surface area (Å²) in [6.45, 7) is 3.64. The van der Waals surface area contributed by atoms with Gasteiger partial charge in [-0.2, -0.15) is 5.26 Å². The quantitative estimate of drug-likeness (QED) is 0.810. The number of nitrogens with zero attached hydrogens (tertiary/aromatic N) is 3. The van der Waals surface area contributed by atoms with Crippen LogP contribution in [0.3, 0.4) is 0 Å². The number of fused-ring (bicyclic) bond motifs is 2. The molecule has 4 aliphatic heterocycles. The maximum absolute atomic E-state index is 14.6. The van der Waals surface area contributed by atoms with Crippen molar-refractivity contribution in [3.05, 3.63) is 70.8 Å². The van der Waals surface area contributed by atoms with Crippen molar-refractivity contribution in [3.63, 3.8) is 0 Å². The van der Waals surface area contributed by atoms with Crippen LogP contribution in [0.2, 0.25) is 0 Å². The van der Waals surface area contributed by atoms with Crippen LogP contribution in [0.25, 0.3) is 0 Å². The normalized spacial score (nSPS) is 31.5. The number of nitriles is 1. The van der Waals surface area contributed by atoms with E-state index >= 15 is 0 Å². The minimum Gasteiger partial charge on any atom is -0.298 e. The highest BCUT2D eigenvalue weighted by molar-refractivity contribution is 5.33. The topological polar surface area (TPSA) is 30.3 Å². The first-order valence-electron chi connectivity index (χ1n) is 10.1. The molecule has 3 atom stereocenters. The minimum absolute atomic E-state index is 0.0119. The third-order valence-corrected chi connectivity index (χ3v) is 6.94. The van der Waals surface area contributed by atoms with Crippen LogP contribution in [0.4, 0.5) is 8.78 Å². The molecule has 4 heterocycles. The molecule has 0 saturated carbocycles. The Labute approximate surface area is 164 Å². The Morgan fingerprint density at radius 2 is 1.75 bits per heavy atom.